The van der Waals surface area contributed by atoms with Crippen molar-refractivity contribution in [3.63, 3.8) is 0 Å². The second kappa shape index (κ2) is 8.46. The topological polar surface area (TPSA) is 3.88 Å². The van der Waals surface area contributed by atoms with Gasteiger partial charge < -0.3 is 0 Å². The van der Waals surface area contributed by atoms with E-state index >= 15 is 0 Å². The smallest absolute Gasteiger partial charge is 0.197 e. The Morgan fingerprint density at radius 2 is 1.22 bits per heavy atom. The number of nitrogens with zero attached hydrogens (tertiary/aromatic N) is 1. The lowest BCUT2D eigenvalue weighted by molar-refractivity contribution is -0.684. The van der Waals surface area contributed by atoms with Crippen molar-refractivity contribution in [3.05, 3.63) is 115 Å². The minimum atomic E-state index is 0.998. The van der Waals surface area contributed by atoms with Crippen LogP contribution in [0.1, 0.15) is 19.8 Å². The van der Waals surface area contributed by atoms with Crippen LogP contribution in [0, 0.1) is 0 Å². The molecule has 0 unspecified atom stereocenters. The summed E-state index contributed by atoms with van der Waals surface area (Å²) in [7, 11) is 0. The SMILES string of the molecule is CCCC[n+]1cc2c(cc3ccc4cccc5ccc2c3c45)c(-c2ccccc2)c1-c1ccccc1. The van der Waals surface area contributed by atoms with Crippen LogP contribution in [0.25, 0.3) is 65.5 Å². The van der Waals surface area contributed by atoms with Crippen LogP contribution in [0.15, 0.2) is 115 Å². The van der Waals surface area contributed by atoms with Gasteiger partial charge in [0.25, 0.3) is 0 Å². The third kappa shape index (κ3) is 3.20. The first-order chi connectivity index (χ1) is 17.8. The molecule has 1 heteroatoms. The Balaban J connectivity index is 1.70. The van der Waals surface area contributed by atoms with E-state index < -0.39 is 0 Å². The summed E-state index contributed by atoms with van der Waals surface area (Å²) in [4.78, 5) is 0. The van der Waals surface area contributed by atoms with Crippen molar-refractivity contribution in [2.75, 3.05) is 0 Å². The lowest BCUT2D eigenvalue weighted by Gasteiger charge is -2.17. The highest BCUT2D eigenvalue weighted by Gasteiger charge is 2.25. The van der Waals surface area contributed by atoms with Gasteiger partial charge >= 0.3 is 0 Å². The molecule has 0 saturated heterocycles. The van der Waals surface area contributed by atoms with Gasteiger partial charge in [-0.25, -0.2) is 0 Å². The zero-order valence-corrected chi connectivity index (χ0v) is 20.5. The predicted octanol–water partition coefficient (Wildman–Crippen LogP) is 9.16. The van der Waals surface area contributed by atoms with Crippen LogP contribution < -0.4 is 4.57 Å². The van der Waals surface area contributed by atoms with Gasteiger partial charge in [0.2, 0.25) is 5.69 Å². The molecule has 172 valence electrons. The van der Waals surface area contributed by atoms with Crippen molar-refractivity contribution >= 4 is 43.1 Å². The lowest BCUT2D eigenvalue weighted by atomic mass is 9.87. The maximum Gasteiger partial charge on any atom is 0.221 e. The molecule has 0 aliphatic rings. The molecule has 1 aromatic heterocycles. The number of rotatable bonds is 5. The summed E-state index contributed by atoms with van der Waals surface area (Å²) in [6.45, 7) is 3.27. The standard InChI is InChI=1S/C35H28N/c1-2-3-21-36-23-31-29-20-19-26-16-10-15-25-17-18-28(33(29)32(25)26)22-30(31)34(24-11-6-4-7-12-24)35(36)27-13-8-5-9-14-27/h4-20,22-23H,2-3,21H2,1H3/q+1. The summed E-state index contributed by atoms with van der Waals surface area (Å²) in [6, 6.07) is 40.1. The molecule has 36 heavy (non-hydrogen) atoms. The van der Waals surface area contributed by atoms with Crippen molar-refractivity contribution in [2.24, 2.45) is 0 Å². The molecular weight excluding hydrogens is 434 g/mol. The van der Waals surface area contributed by atoms with Gasteiger partial charge in [0, 0.05) is 17.4 Å². The van der Waals surface area contributed by atoms with E-state index in [1.54, 1.807) is 0 Å². The first kappa shape index (κ1) is 21.1. The maximum absolute atomic E-state index is 2.51. The van der Waals surface area contributed by atoms with Crippen molar-refractivity contribution < 1.29 is 4.57 Å². The van der Waals surface area contributed by atoms with Gasteiger partial charge in [-0.15, -0.1) is 0 Å². The number of aryl methyl sites for hydroxylation is 1. The van der Waals surface area contributed by atoms with Crippen LogP contribution in [-0.2, 0) is 6.54 Å². The quantitative estimate of drug-likeness (QED) is 0.136. The molecule has 0 bridgehead atoms. The molecule has 0 atom stereocenters. The van der Waals surface area contributed by atoms with E-state index in [1.165, 1.54) is 71.9 Å². The van der Waals surface area contributed by atoms with E-state index in [0.717, 1.165) is 13.0 Å². The van der Waals surface area contributed by atoms with Gasteiger partial charge in [-0.2, -0.15) is 4.57 Å². The Kier molecular flexibility index (Phi) is 4.96. The molecule has 0 aliphatic carbocycles. The van der Waals surface area contributed by atoms with Crippen LogP contribution in [0.3, 0.4) is 0 Å². The van der Waals surface area contributed by atoms with Gasteiger partial charge in [0.1, 0.15) is 6.54 Å². The first-order valence-electron chi connectivity index (χ1n) is 13.0. The summed E-state index contributed by atoms with van der Waals surface area (Å²) < 4.78 is 2.51. The van der Waals surface area contributed by atoms with E-state index in [-0.39, 0.29) is 0 Å². The average Bonchev–Trinajstić information content (AvgIpc) is 2.94. The van der Waals surface area contributed by atoms with E-state index in [9.17, 15) is 0 Å². The number of fused-ring (bicyclic) bond motifs is 2. The van der Waals surface area contributed by atoms with Crippen LogP contribution in [-0.4, -0.2) is 0 Å². The van der Waals surface area contributed by atoms with Crippen molar-refractivity contribution in [1.82, 2.24) is 0 Å². The highest BCUT2D eigenvalue weighted by Crippen LogP contribution is 2.43. The minimum Gasteiger partial charge on any atom is -0.197 e. The van der Waals surface area contributed by atoms with Crippen LogP contribution >= 0.6 is 0 Å². The van der Waals surface area contributed by atoms with Gasteiger partial charge in [0.05, 0.1) is 10.9 Å². The molecule has 0 saturated carbocycles. The second-order valence-corrected chi connectivity index (χ2v) is 9.83. The van der Waals surface area contributed by atoms with E-state index in [1.807, 2.05) is 0 Å². The number of unbranched alkanes of at least 4 members (excludes halogenated alkanes) is 1. The van der Waals surface area contributed by atoms with Crippen LogP contribution in [0.5, 0.6) is 0 Å². The molecule has 0 spiro atoms. The Hall–Kier alpha value is -4.23. The summed E-state index contributed by atoms with van der Waals surface area (Å²) in [5.41, 5.74) is 5.15. The molecule has 0 fully saturated rings. The molecule has 1 heterocycles. The van der Waals surface area contributed by atoms with E-state index in [4.69, 9.17) is 0 Å². The number of hydrogen-bond donors (Lipinski definition) is 0. The zero-order valence-electron chi connectivity index (χ0n) is 20.5. The molecule has 7 rings (SSSR count). The zero-order chi connectivity index (χ0) is 24.1. The third-order valence-electron chi connectivity index (χ3n) is 7.63. The second-order valence-electron chi connectivity index (χ2n) is 9.83. The molecular formula is C35H28N+. The third-order valence-corrected chi connectivity index (χ3v) is 7.63. The largest absolute Gasteiger partial charge is 0.221 e. The highest BCUT2D eigenvalue weighted by molar-refractivity contribution is 6.30. The molecule has 0 aliphatic heterocycles. The summed E-state index contributed by atoms with van der Waals surface area (Å²) in [5.74, 6) is 0. The Morgan fingerprint density at radius 3 is 1.94 bits per heavy atom. The van der Waals surface area contributed by atoms with Crippen LogP contribution in [0.4, 0.5) is 0 Å². The Labute approximate surface area is 211 Å². The Bertz CT molecular complexity index is 1830. The molecule has 1 nitrogen and oxygen atoms in total. The molecule has 0 N–H and O–H groups in total. The van der Waals surface area contributed by atoms with Gasteiger partial charge in [-0.3, -0.25) is 0 Å². The summed E-state index contributed by atoms with van der Waals surface area (Å²) in [6.07, 6.45) is 4.74. The average molecular weight is 463 g/mol. The van der Waals surface area contributed by atoms with Gasteiger partial charge in [0.15, 0.2) is 6.20 Å². The number of benzene rings is 6. The number of aromatic nitrogens is 1. The summed E-state index contributed by atoms with van der Waals surface area (Å²) >= 11 is 0. The Morgan fingerprint density at radius 1 is 0.556 bits per heavy atom. The fraction of sp³-hybridized carbons (Fsp3) is 0.114. The molecule has 0 amide bonds. The highest BCUT2D eigenvalue weighted by atomic mass is 15.0. The van der Waals surface area contributed by atoms with Gasteiger partial charge in [-0.05, 0) is 56.1 Å². The van der Waals surface area contributed by atoms with Crippen molar-refractivity contribution in [1.29, 1.82) is 0 Å². The van der Waals surface area contributed by atoms with E-state index in [0.29, 0.717) is 0 Å². The fourth-order valence-corrected chi connectivity index (χ4v) is 5.98. The number of pyridine rings is 1. The normalized spacial score (nSPS) is 11.8. The van der Waals surface area contributed by atoms with Crippen molar-refractivity contribution in [2.45, 2.75) is 26.3 Å². The lowest BCUT2D eigenvalue weighted by Crippen LogP contribution is -2.36. The molecule has 6 aromatic carbocycles. The molecule has 7 aromatic rings. The number of hydrogen-bond acceptors (Lipinski definition) is 0. The fourth-order valence-electron chi connectivity index (χ4n) is 5.98. The predicted molar refractivity (Wildman–Crippen MR) is 154 cm³/mol. The van der Waals surface area contributed by atoms with Gasteiger partial charge in [-0.1, -0.05) is 104 Å². The minimum absolute atomic E-state index is 0.998. The summed E-state index contributed by atoms with van der Waals surface area (Å²) in [5, 5.41) is 10.7. The first-order valence-corrected chi connectivity index (χ1v) is 13.0. The van der Waals surface area contributed by atoms with Crippen LogP contribution in [0.2, 0.25) is 0 Å². The van der Waals surface area contributed by atoms with Crippen molar-refractivity contribution in [3.8, 4) is 22.4 Å². The maximum atomic E-state index is 2.51. The monoisotopic (exact) mass is 462 g/mol. The van der Waals surface area contributed by atoms with E-state index in [2.05, 4.69) is 127 Å². The molecule has 0 radical (unpaired) electrons.